The number of aromatic nitrogens is 1. The molecule has 1 aromatic heterocycles. The molecule has 0 spiro atoms. The van der Waals surface area contributed by atoms with Crippen LogP contribution in [0.2, 0.25) is 0 Å². The maximum Gasteiger partial charge on any atom is 0.269 e. The van der Waals surface area contributed by atoms with Gasteiger partial charge in [0.2, 0.25) is 0 Å². The van der Waals surface area contributed by atoms with E-state index >= 15 is 8.78 Å². The highest BCUT2D eigenvalue weighted by Gasteiger charge is 2.32. The number of hydrogen-bond donors (Lipinski definition) is 1. The van der Waals surface area contributed by atoms with E-state index in [1.165, 1.54) is 38.6 Å². The topological polar surface area (TPSA) is 80.8 Å². The lowest BCUT2D eigenvalue weighted by molar-refractivity contribution is 0.391. The van der Waals surface area contributed by atoms with Crippen molar-refractivity contribution in [1.82, 2.24) is 4.98 Å². The first-order chi connectivity index (χ1) is 18.1. The van der Waals surface area contributed by atoms with E-state index in [1.807, 2.05) is 0 Å². The molecule has 0 aliphatic rings. The highest BCUT2D eigenvalue weighted by Crippen LogP contribution is 2.34. The fraction of sp³-hybridized carbons (Fsp3) is 0.192. The molecule has 0 amide bonds. The van der Waals surface area contributed by atoms with Crippen molar-refractivity contribution < 1.29 is 31.1 Å². The second-order valence-electron chi connectivity index (χ2n) is 8.15. The Morgan fingerprint density at radius 2 is 1.76 bits per heavy atom. The summed E-state index contributed by atoms with van der Waals surface area (Å²) >= 11 is 1.02. The number of thiazole rings is 1. The van der Waals surface area contributed by atoms with Crippen molar-refractivity contribution in [3.63, 3.8) is 0 Å². The predicted octanol–water partition coefficient (Wildman–Crippen LogP) is 6.15. The molecule has 200 valence electrons. The fourth-order valence-corrected chi connectivity index (χ4v) is 6.15. The largest absolute Gasteiger partial charge is 0.497 e. The first-order valence-corrected chi connectivity index (χ1v) is 13.6. The summed E-state index contributed by atoms with van der Waals surface area (Å²) in [5.74, 6) is -1.88. The molecule has 4 rings (SSSR count). The minimum absolute atomic E-state index is 0.0538. The van der Waals surface area contributed by atoms with Crippen LogP contribution in [0.15, 0.2) is 71.1 Å². The van der Waals surface area contributed by atoms with Gasteiger partial charge in [-0.25, -0.2) is 30.9 Å². The second-order valence-corrected chi connectivity index (χ2v) is 10.9. The molecule has 3 aromatic carbocycles. The molecule has 0 unspecified atom stereocenters. The van der Waals surface area contributed by atoms with Gasteiger partial charge in [-0.05, 0) is 31.2 Å². The quantitative estimate of drug-likeness (QED) is 0.250. The molecule has 1 heterocycles. The van der Waals surface area contributed by atoms with Gasteiger partial charge in [-0.15, -0.1) is 11.3 Å². The van der Waals surface area contributed by atoms with Crippen LogP contribution in [-0.2, 0) is 16.6 Å². The van der Waals surface area contributed by atoms with Crippen molar-refractivity contribution in [2.75, 3.05) is 23.8 Å². The first-order valence-electron chi connectivity index (χ1n) is 11.3. The van der Waals surface area contributed by atoms with E-state index in [0.717, 1.165) is 21.7 Å². The summed E-state index contributed by atoms with van der Waals surface area (Å²) in [5.41, 5.74) is 0.382. The number of halogens is 3. The van der Waals surface area contributed by atoms with Gasteiger partial charge in [-0.1, -0.05) is 18.2 Å². The number of nitrogens with zero attached hydrogens (tertiary/aromatic N) is 2. The van der Waals surface area contributed by atoms with E-state index in [4.69, 9.17) is 9.47 Å². The lowest BCUT2D eigenvalue weighted by atomic mass is 10.1. The fourth-order valence-electron chi connectivity index (χ4n) is 3.82. The average Bonchev–Trinajstić information content (AvgIpc) is 3.43. The summed E-state index contributed by atoms with van der Waals surface area (Å²) in [6.45, 7) is 1.31. The van der Waals surface area contributed by atoms with Crippen molar-refractivity contribution in [1.29, 1.82) is 0 Å². The standard InChI is InChI=1S/C26H24F3N3O4S2/c1-16(19-6-4-5-7-20(19)27)31-23-13-22(29)25(14-21(23)28)38(33,34)32(26-30-10-11-37-26)15-17-8-9-18(35-2)12-24(17)36-3/h4-14,16,31H,15H2,1-3H3/t16-/m0/s1. The number of ether oxygens (including phenoxy) is 2. The van der Waals surface area contributed by atoms with Gasteiger partial charge in [0.25, 0.3) is 10.0 Å². The molecular weight excluding hydrogens is 539 g/mol. The molecule has 0 saturated heterocycles. The monoisotopic (exact) mass is 563 g/mol. The van der Waals surface area contributed by atoms with E-state index in [1.54, 1.807) is 36.6 Å². The Balaban J connectivity index is 1.70. The molecular formula is C26H24F3N3O4S2. The van der Waals surface area contributed by atoms with E-state index < -0.39 is 38.4 Å². The predicted molar refractivity (Wildman–Crippen MR) is 140 cm³/mol. The third kappa shape index (κ3) is 5.55. The maximum absolute atomic E-state index is 15.3. The third-order valence-electron chi connectivity index (χ3n) is 5.77. The molecule has 12 heteroatoms. The lowest BCUT2D eigenvalue weighted by Crippen LogP contribution is -2.31. The summed E-state index contributed by atoms with van der Waals surface area (Å²) in [7, 11) is -1.73. The van der Waals surface area contributed by atoms with Gasteiger partial charge < -0.3 is 14.8 Å². The Hall–Kier alpha value is -3.77. The molecule has 7 nitrogen and oxygen atoms in total. The minimum Gasteiger partial charge on any atom is -0.497 e. The Labute approximate surface area is 222 Å². The molecule has 38 heavy (non-hydrogen) atoms. The Bertz CT molecular complexity index is 1530. The molecule has 1 N–H and O–H groups in total. The minimum atomic E-state index is -4.63. The smallest absolute Gasteiger partial charge is 0.269 e. The third-order valence-corrected chi connectivity index (χ3v) is 8.44. The Kier molecular flexibility index (Phi) is 8.12. The number of sulfonamides is 1. The van der Waals surface area contributed by atoms with E-state index in [0.29, 0.717) is 23.1 Å². The zero-order valence-corrected chi connectivity index (χ0v) is 22.2. The van der Waals surface area contributed by atoms with Gasteiger partial charge in [0, 0.05) is 34.8 Å². The molecule has 4 aromatic rings. The molecule has 0 bridgehead atoms. The normalized spacial score (nSPS) is 12.2. The molecule has 0 fully saturated rings. The average molecular weight is 564 g/mol. The van der Waals surface area contributed by atoms with Gasteiger partial charge in [-0.2, -0.15) is 0 Å². The second kappa shape index (κ2) is 11.3. The summed E-state index contributed by atoms with van der Waals surface area (Å²) in [6.07, 6.45) is 1.40. The zero-order valence-electron chi connectivity index (χ0n) is 20.6. The van der Waals surface area contributed by atoms with Crippen LogP contribution in [0.4, 0.5) is 24.0 Å². The summed E-state index contributed by atoms with van der Waals surface area (Å²) in [5, 5.41) is 4.33. The van der Waals surface area contributed by atoms with Crippen molar-refractivity contribution >= 4 is 32.2 Å². The molecule has 0 saturated carbocycles. The van der Waals surface area contributed by atoms with Crippen LogP contribution in [0.1, 0.15) is 24.1 Å². The highest BCUT2D eigenvalue weighted by atomic mass is 32.2. The van der Waals surface area contributed by atoms with Gasteiger partial charge in [0.05, 0.1) is 32.5 Å². The molecule has 0 aliphatic carbocycles. The SMILES string of the molecule is COc1ccc(CN(c2nccs2)S(=O)(=O)c2cc(F)c(N[C@@H](C)c3ccccc3F)cc2F)c(OC)c1. The number of anilines is 2. The van der Waals surface area contributed by atoms with Crippen LogP contribution >= 0.6 is 11.3 Å². The molecule has 0 radical (unpaired) electrons. The van der Waals surface area contributed by atoms with E-state index in [2.05, 4.69) is 10.3 Å². The van der Waals surface area contributed by atoms with E-state index in [9.17, 15) is 12.8 Å². The maximum atomic E-state index is 15.3. The van der Waals surface area contributed by atoms with Crippen LogP contribution < -0.4 is 19.1 Å². The van der Waals surface area contributed by atoms with Crippen LogP contribution in [-0.4, -0.2) is 27.6 Å². The number of rotatable bonds is 10. The number of hydrogen-bond acceptors (Lipinski definition) is 7. The Morgan fingerprint density at radius 3 is 2.42 bits per heavy atom. The molecule has 0 aliphatic heterocycles. The van der Waals surface area contributed by atoms with Crippen LogP contribution in [0.3, 0.4) is 0 Å². The van der Waals surface area contributed by atoms with Gasteiger partial charge in [0.1, 0.15) is 33.8 Å². The van der Waals surface area contributed by atoms with Gasteiger partial charge >= 0.3 is 0 Å². The Morgan fingerprint density at radius 1 is 1.00 bits per heavy atom. The van der Waals surface area contributed by atoms with Crippen LogP contribution in [0, 0.1) is 17.5 Å². The summed E-state index contributed by atoms with van der Waals surface area (Å²) in [6, 6.07) is 11.4. The molecule has 1 atom stereocenters. The summed E-state index contributed by atoms with van der Waals surface area (Å²) < 4.78 is 83.4. The van der Waals surface area contributed by atoms with Crippen molar-refractivity contribution in [2.45, 2.75) is 24.4 Å². The zero-order chi connectivity index (χ0) is 27.4. The first kappa shape index (κ1) is 27.3. The van der Waals surface area contributed by atoms with Crippen LogP contribution in [0.25, 0.3) is 0 Å². The van der Waals surface area contributed by atoms with E-state index in [-0.39, 0.29) is 22.9 Å². The van der Waals surface area contributed by atoms with Gasteiger partial charge in [0.15, 0.2) is 5.13 Å². The van der Waals surface area contributed by atoms with Gasteiger partial charge in [-0.3, -0.25) is 0 Å². The summed E-state index contributed by atoms with van der Waals surface area (Å²) in [4.78, 5) is 3.21. The van der Waals surface area contributed by atoms with Crippen molar-refractivity contribution in [3.05, 3.63) is 94.8 Å². The number of nitrogens with one attached hydrogen (secondary N) is 1. The lowest BCUT2D eigenvalue weighted by Gasteiger charge is -2.24. The number of methoxy groups -OCH3 is 2. The van der Waals surface area contributed by atoms with Crippen molar-refractivity contribution in [2.24, 2.45) is 0 Å². The number of benzene rings is 3. The highest BCUT2D eigenvalue weighted by molar-refractivity contribution is 7.93. The van der Waals surface area contributed by atoms with Crippen LogP contribution in [0.5, 0.6) is 11.5 Å². The van der Waals surface area contributed by atoms with Crippen molar-refractivity contribution in [3.8, 4) is 11.5 Å².